The maximum atomic E-state index is 10.9. The van der Waals surface area contributed by atoms with E-state index in [1.807, 2.05) is 0 Å². The summed E-state index contributed by atoms with van der Waals surface area (Å²) in [6, 6.07) is 6.93. The third kappa shape index (κ3) is 2.72. The summed E-state index contributed by atoms with van der Waals surface area (Å²) in [5, 5.41) is 9.62. The number of carbonyl (C=O) groups is 1. The fourth-order valence-electron chi connectivity index (χ4n) is 1.34. The Morgan fingerprint density at radius 3 is 2.89 bits per heavy atom. The van der Waals surface area contributed by atoms with Crippen molar-refractivity contribution in [2.45, 2.75) is 6.61 Å². The second-order valence-corrected chi connectivity index (χ2v) is 4.79. The molecule has 0 amide bonds. The number of aromatic nitrogens is 1. The third-order valence-corrected chi connectivity index (χ3v) is 3.34. The predicted molar refractivity (Wildman–Crippen MR) is 69.3 cm³/mol. The second-order valence-electron chi connectivity index (χ2n) is 3.35. The lowest BCUT2D eigenvalue weighted by Gasteiger charge is -2.06. The minimum absolute atomic E-state index is 0.0130. The highest BCUT2D eigenvalue weighted by Gasteiger charge is 2.16. The quantitative estimate of drug-likeness (QED) is 0.901. The predicted octanol–water partition coefficient (Wildman–Crippen LogP) is 2.66. The van der Waals surface area contributed by atoms with Crippen molar-refractivity contribution in [1.29, 1.82) is 0 Å². The van der Waals surface area contributed by atoms with E-state index in [9.17, 15) is 4.79 Å². The monoisotopic (exact) mass is 284 g/mol. The van der Waals surface area contributed by atoms with E-state index in [4.69, 9.17) is 27.2 Å². The lowest BCUT2D eigenvalue weighted by Crippen LogP contribution is -2.03. The SMILES string of the molecule is Nc1nc(COc2ccccc2Cl)c(C(=O)O)s1. The van der Waals surface area contributed by atoms with Crippen LogP contribution in [0.2, 0.25) is 5.02 Å². The molecule has 0 saturated carbocycles. The van der Waals surface area contributed by atoms with Crippen LogP contribution in [0.25, 0.3) is 0 Å². The zero-order valence-corrected chi connectivity index (χ0v) is 10.7. The number of nitrogens with zero attached hydrogens (tertiary/aromatic N) is 1. The molecular weight excluding hydrogens is 276 g/mol. The first-order valence-electron chi connectivity index (χ1n) is 4.93. The molecular formula is C11H9ClN2O3S. The smallest absolute Gasteiger partial charge is 0.348 e. The van der Waals surface area contributed by atoms with Gasteiger partial charge >= 0.3 is 5.97 Å². The maximum absolute atomic E-state index is 10.9. The Morgan fingerprint density at radius 1 is 1.50 bits per heavy atom. The van der Waals surface area contributed by atoms with Gasteiger partial charge in [0.15, 0.2) is 5.13 Å². The summed E-state index contributed by atoms with van der Waals surface area (Å²) >= 11 is 6.83. The van der Waals surface area contributed by atoms with E-state index in [0.717, 1.165) is 11.3 Å². The molecule has 0 atom stereocenters. The van der Waals surface area contributed by atoms with Crippen molar-refractivity contribution in [3.05, 3.63) is 39.9 Å². The Bertz CT molecular complexity index is 585. The molecule has 0 aliphatic heterocycles. The lowest BCUT2D eigenvalue weighted by atomic mass is 10.3. The van der Waals surface area contributed by atoms with Crippen molar-refractivity contribution in [3.63, 3.8) is 0 Å². The Kier molecular flexibility index (Phi) is 3.69. The number of carboxylic acids is 1. The van der Waals surface area contributed by atoms with Gasteiger partial charge in [-0.25, -0.2) is 9.78 Å². The number of para-hydroxylation sites is 1. The largest absolute Gasteiger partial charge is 0.486 e. The van der Waals surface area contributed by atoms with E-state index in [-0.39, 0.29) is 16.6 Å². The van der Waals surface area contributed by atoms with Crippen LogP contribution in [0, 0.1) is 0 Å². The highest BCUT2D eigenvalue weighted by Crippen LogP contribution is 2.26. The number of aromatic carboxylic acids is 1. The molecule has 0 saturated heterocycles. The number of anilines is 1. The van der Waals surface area contributed by atoms with Gasteiger partial charge in [-0.05, 0) is 12.1 Å². The summed E-state index contributed by atoms with van der Waals surface area (Å²) in [4.78, 5) is 15.0. The molecule has 1 aromatic heterocycles. The van der Waals surface area contributed by atoms with E-state index in [0.29, 0.717) is 16.5 Å². The number of benzene rings is 1. The molecule has 94 valence electrons. The van der Waals surface area contributed by atoms with Gasteiger partial charge in [0.05, 0.1) is 5.02 Å². The van der Waals surface area contributed by atoms with Gasteiger partial charge in [0.2, 0.25) is 0 Å². The molecule has 0 aliphatic carbocycles. The van der Waals surface area contributed by atoms with Crippen LogP contribution in [0.5, 0.6) is 5.75 Å². The molecule has 0 unspecified atom stereocenters. The average molecular weight is 285 g/mol. The van der Waals surface area contributed by atoms with Crippen LogP contribution in [-0.2, 0) is 6.61 Å². The summed E-state index contributed by atoms with van der Waals surface area (Å²) in [6.07, 6.45) is 0. The van der Waals surface area contributed by atoms with Crippen LogP contribution >= 0.6 is 22.9 Å². The van der Waals surface area contributed by atoms with Gasteiger partial charge in [0.25, 0.3) is 0 Å². The minimum atomic E-state index is -1.07. The van der Waals surface area contributed by atoms with Crippen LogP contribution in [0.1, 0.15) is 15.4 Å². The Labute approximate surface area is 112 Å². The van der Waals surface area contributed by atoms with Gasteiger partial charge in [-0.3, -0.25) is 0 Å². The van der Waals surface area contributed by atoms with Crippen molar-refractivity contribution in [1.82, 2.24) is 4.98 Å². The van der Waals surface area contributed by atoms with E-state index >= 15 is 0 Å². The molecule has 1 heterocycles. The van der Waals surface area contributed by atoms with Gasteiger partial charge in [0.1, 0.15) is 22.9 Å². The van der Waals surface area contributed by atoms with Crippen molar-refractivity contribution in [2.24, 2.45) is 0 Å². The summed E-state index contributed by atoms with van der Waals surface area (Å²) in [6.45, 7) is 0.0130. The van der Waals surface area contributed by atoms with Crippen LogP contribution < -0.4 is 10.5 Å². The van der Waals surface area contributed by atoms with E-state index in [1.165, 1.54) is 0 Å². The number of thiazole rings is 1. The van der Waals surface area contributed by atoms with Gasteiger partial charge in [-0.15, -0.1) is 0 Å². The van der Waals surface area contributed by atoms with Crippen molar-refractivity contribution in [2.75, 3.05) is 5.73 Å². The highest BCUT2D eigenvalue weighted by atomic mass is 35.5. The van der Waals surface area contributed by atoms with Crippen molar-refractivity contribution < 1.29 is 14.6 Å². The molecule has 2 aromatic rings. The zero-order chi connectivity index (χ0) is 13.1. The normalized spacial score (nSPS) is 10.3. The average Bonchev–Trinajstić information content (AvgIpc) is 2.70. The molecule has 0 radical (unpaired) electrons. The van der Waals surface area contributed by atoms with Gasteiger partial charge < -0.3 is 15.6 Å². The van der Waals surface area contributed by atoms with Crippen LogP contribution in [-0.4, -0.2) is 16.1 Å². The van der Waals surface area contributed by atoms with E-state index < -0.39 is 5.97 Å². The van der Waals surface area contributed by atoms with Crippen LogP contribution in [0.4, 0.5) is 5.13 Å². The number of carboxylic acid groups (broad SMARTS) is 1. The molecule has 18 heavy (non-hydrogen) atoms. The number of nitrogens with two attached hydrogens (primary N) is 1. The molecule has 2 rings (SSSR count). The minimum Gasteiger partial charge on any atom is -0.486 e. The van der Waals surface area contributed by atoms with Crippen LogP contribution in [0.15, 0.2) is 24.3 Å². The third-order valence-electron chi connectivity index (χ3n) is 2.11. The van der Waals surface area contributed by atoms with Gasteiger partial charge in [-0.2, -0.15) is 0 Å². The number of rotatable bonds is 4. The van der Waals surface area contributed by atoms with Gasteiger partial charge in [0, 0.05) is 0 Å². The second kappa shape index (κ2) is 5.24. The first-order valence-corrected chi connectivity index (χ1v) is 6.13. The maximum Gasteiger partial charge on any atom is 0.348 e. The number of hydrogen-bond acceptors (Lipinski definition) is 5. The fourth-order valence-corrected chi connectivity index (χ4v) is 2.21. The molecule has 0 aliphatic rings. The topological polar surface area (TPSA) is 85.4 Å². The summed E-state index contributed by atoms with van der Waals surface area (Å²) in [5.74, 6) is -0.593. The van der Waals surface area contributed by atoms with Crippen molar-refractivity contribution >= 4 is 34.0 Å². The summed E-state index contributed by atoms with van der Waals surface area (Å²) < 4.78 is 5.42. The Morgan fingerprint density at radius 2 is 2.22 bits per heavy atom. The Hall–Kier alpha value is -1.79. The Balaban J connectivity index is 2.16. The van der Waals surface area contributed by atoms with Crippen molar-refractivity contribution in [3.8, 4) is 5.75 Å². The molecule has 0 bridgehead atoms. The fraction of sp³-hybridized carbons (Fsp3) is 0.0909. The lowest BCUT2D eigenvalue weighted by molar-refractivity contribution is 0.0699. The highest BCUT2D eigenvalue weighted by molar-refractivity contribution is 7.17. The standard InChI is InChI=1S/C11H9ClN2O3S/c12-6-3-1-2-4-8(6)17-5-7-9(10(15)16)18-11(13)14-7/h1-4H,5H2,(H2,13,14)(H,15,16). The number of hydrogen-bond donors (Lipinski definition) is 2. The van der Waals surface area contributed by atoms with Gasteiger partial charge in [-0.1, -0.05) is 35.1 Å². The molecule has 5 nitrogen and oxygen atoms in total. The first-order chi connectivity index (χ1) is 8.58. The zero-order valence-electron chi connectivity index (χ0n) is 9.09. The van der Waals surface area contributed by atoms with E-state index in [1.54, 1.807) is 24.3 Å². The summed E-state index contributed by atoms with van der Waals surface area (Å²) in [7, 11) is 0. The van der Waals surface area contributed by atoms with Crippen LogP contribution in [0.3, 0.4) is 0 Å². The molecule has 0 fully saturated rings. The number of halogens is 1. The number of ether oxygens (including phenoxy) is 1. The number of nitrogen functional groups attached to an aromatic ring is 1. The molecule has 0 spiro atoms. The van der Waals surface area contributed by atoms with E-state index in [2.05, 4.69) is 4.98 Å². The summed E-state index contributed by atoms with van der Waals surface area (Å²) in [5.41, 5.74) is 5.77. The first kappa shape index (κ1) is 12.7. The molecule has 7 heteroatoms. The molecule has 1 aromatic carbocycles. The molecule has 3 N–H and O–H groups in total.